The molecule has 0 aliphatic rings. The minimum atomic E-state index is -0.881. The highest BCUT2D eigenvalue weighted by atomic mass is 32.1. The summed E-state index contributed by atoms with van der Waals surface area (Å²) in [4.78, 5) is 30.0. The molecule has 2 heterocycles. The van der Waals surface area contributed by atoms with Gasteiger partial charge in [-0.2, -0.15) is 0 Å². The van der Waals surface area contributed by atoms with Gasteiger partial charge in [0.2, 0.25) is 0 Å². The fourth-order valence-electron chi connectivity index (χ4n) is 2.53. The number of benzene rings is 1. The highest BCUT2D eigenvalue weighted by Crippen LogP contribution is 2.28. The number of anilines is 1. The first-order chi connectivity index (χ1) is 12.9. The van der Waals surface area contributed by atoms with E-state index < -0.39 is 12.1 Å². The lowest BCUT2D eigenvalue weighted by Gasteiger charge is -2.14. The van der Waals surface area contributed by atoms with Crippen LogP contribution in [0.4, 0.5) is 5.69 Å². The number of thiazole rings is 1. The molecule has 1 atom stereocenters. The van der Waals surface area contributed by atoms with E-state index in [1.165, 1.54) is 11.3 Å². The molecular weight excluding hydrogens is 380 g/mol. The Morgan fingerprint density at radius 3 is 2.74 bits per heavy atom. The van der Waals surface area contributed by atoms with Crippen molar-refractivity contribution in [1.82, 2.24) is 4.98 Å². The fraction of sp³-hybridized carbons (Fsp3) is 0.250. The second kappa shape index (κ2) is 8.45. The monoisotopic (exact) mass is 400 g/mol. The predicted octanol–water partition coefficient (Wildman–Crippen LogP) is 4.60. The quantitative estimate of drug-likeness (QED) is 0.614. The van der Waals surface area contributed by atoms with E-state index in [9.17, 15) is 9.59 Å². The van der Waals surface area contributed by atoms with Gasteiger partial charge in [0, 0.05) is 11.1 Å². The van der Waals surface area contributed by atoms with Crippen LogP contribution in [0, 0.1) is 13.8 Å². The number of carbonyl (C=O) groups is 2. The van der Waals surface area contributed by atoms with Crippen LogP contribution in [-0.2, 0) is 20.7 Å². The van der Waals surface area contributed by atoms with Gasteiger partial charge in [0.1, 0.15) is 5.01 Å². The summed E-state index contributed by atoms with van der Waals surface area (Å²) in [5, 5.41) is 7.51. The minimum Gasteiger partial charge on any atom is -0.452 e. The van der Waals surface area contributed by atoms with Crippen LogP contribution in [-0.4, -0.2) is 23.0 Å². The van der Waals surface area contributed by atoms with Gasteiger partial charge in [-0.3, -0.25) is 9.59 Å². The second-order valence-electron chi connectivity index (χ2n) is 6.24. The first-order valence-electron chi connectivity index (χ1n) is 8.48. The number of hydrogen-bond acceptors (Lipinski definition) is 6. The molecule has 0 aliphatic heterocycles. The molecule has 1 aromatic carbocycles. The Labute approximate surface area is 166 Å². The van der Waals surface area contributed by atoms with Gasteiger partial charge in [-0.1, -0.05) is 23.8 Å². The van der Waals surface area contributed by atoms with Crippen molar-refractivity contribution >= 4 is 40.2 Å². The van der Waals surface area contributed by atoms with E-state index in [-0.39, 0.29) is 12.3 Å². The summed E-state index contributed by atoms with van der Waals surface area (Å²) in [6.45, 7) is 5.48. The zero-order valence-corrected chi connectivity index (χ0v) is 16.9. The van der Waals surface area contributed by atoms with Gasteiger partial charge >= 0.3 is 5.97 Å². The van der Waals surface area contributed by atoms with Gasteiger partial charge in [-0.25, -0.2) is 4.98 Å². The number of rotatable bonds is 6. The molecule has 2 aromatic heterocycles. The fourth-order valence-corrected chi connectivity index (χ4v) is 4.16. The zero-order chi connectivity index (χ0) is 19.4. The topological polar surface area (TPSA) is 68.3 Å². The number of hydrogen-bond donors (Lipinski definition) is 1. The maximum Gasteiger partial charge on any atom is 0.312 e. The van der Waals surface area contributed by atoms with Crippen molar-refractivity contribution in [1.29, 1.82) is 0 Å². The van der Waals surface area contributed by atoms with Crippen LogP contribution < -0.4 is 5.32 Å². The molecule has 1 N–H and O–H groups in total. The van der Waals surface area contributed by atoms with E-state index in [2.05, 4.69) is 10.3 Å². The van der Waals surface area contributed by atoms with E-state index in [4.69, 9.17) is 4.74 Å². The molecule has 0 aliphatic carbocycles. The SMILES string of the molecule is Cc1ccc(NC(=O)[C@H](C)OC(=O)Cc2csc(-c3cccs3)n2)c(C)c1. The summed E-state index contributed by atoms with van der Waals surface area (Å²) >= 11 is 3.10. The molecule has 0 bridgehead atoms. The minimum absolute atomic E-state index is 0.0447. The third-order valence-electron chi connectivity index (χ3n) is 3.93. The molecule has 7 heteroatoms. The van der Waals surface area contributed by atoms with Gasteiger partial charge in [0.15, 0.2) is 6.10 Å². The van der Waals surface area contributed by atoms with Crippen LogP contribution in [0.3, 0.4) is 0 Å². The van der Waals surface area contributed by atoms with E-state index >= 15 is 0 Å². The predicted molar refractivity (Wildman–Crippen MR) is 109 cm³/mol. The second-order valence-corrected chi connectivity index (χ2v) is 8.04. The molecule has 0 radical (unpaired) electrons. The average Bonchev–Trinajstić information content (AvgIpc) is 3.28. The van der Waals surface area contributed by atoms with Crippen LogP contribution in [0.2, 0.25) is 0 Å². The van der Waals surface area contributed by atoms with Gasteiger partial charge in [0.05, 0.1) is 17.0 Å². The average molecular weight is 401 g/mol. The molecule has 140 valence electrons. The molecule has 0 fully saturated rings. The summed E-state index contributed by atoms with van der Waals surface area (Å²) < 4.78 is 5.27. The van der Waals surface area contributed by atoms with Crippen LogP contribution >= 0.6 is 22.7 Å². The summed E-state index contributed by atoms with van der Waals surface area (Å²) in [5.41, 5.74) is 3.45. The largest absolute Gasteiger partial charge is 0.452 e. The molecule has 5 nitrogen and oxygen atoms in total. The summed E-state index contributed by atoms with van der Waals surface area (Å²) in [6.07, 6.45) is -0.836. The Morgan fingerprint density at radius 1 is 1.22 bits per heavy atom. The first-order valence-corrected chi connectivity index (χ1v) is 10.2. The number of nitrogens with one attached hydrogen (secondary N) is 1. The smallest absolute Gasteiger partial charge is 0.312 e. The number of carbonyl (C=O) groups excluding carboxylic acids is 2. The van der Waals surface area contributed by atoms with Crippen molar-refractivity contribution in [2.45, 2.75) is 33.3 Å². The lowest BCUT2D eigenvalue weighted by molar-refractivity contribution is -0.152. The van der Waals surface area contributed by atoms with Crippen molar-refractivity contribution < 1.29 is 14.3 Å². The molecule has 0 unspecified atom stereocenters. The Morgan fingerprint density at radius 2 is 2.04 bits per heavy atom. The van der Waals surface area contributed by atoms with Crippen molar-refractivity contribution in [2.24, 2.45) is 0 Å². The summed E-state index contributed by atoms with van der Waals surface area (Å²) in [7, 11) is 0. The van der Waals surface area contributed by atoms with Crippen LogP contribution in [0.15, 0.2) is 41.1 Å². The van der Waals surface area contributed by atoms with E-state index in [0.717, 1.165) is 21.0 Å². The molecule has 1 amide bonds. The standard InChI is InChI=1S/C20H20N2O3S2/c1-12-6-7-16(13(2)9-12)22-19(24)14(3)25-18(23)10-15-11-27-20(21-15)17-5-4-8-26-17/h4-9,11,14H,10H2,1-3H3,(H,22,24)/t14-/m0/s1. The van der Waals surface area contributed by atoms with E-state index in [0.29, 0.717) is 11.4 Å². The lowest BCUT2D eigenvalue weighted by Crippen LogP contribution is -2.30. The van der Waals surface area contributed by atoms with E-state index in [1.54, 1.807) is 18.3 Å². The molecule has 0 saturated heterocycles. The van der Waals surface area contributed by atoms with E-state index in [1.807, 2.05) is 54.9 Å². The highest BCUT2D eigenvalue weighted by Gasteiger charge is 2.19. The maximum atomic E-state index is 12.3. The number of esters is 1. The van der Waals surface area contributed by atoms with Crippen LogP contribution in [0.1, 0.15) is 23.7 Å². The number of aryl methyl sites for hydroxylation is 2. The third kappa shape index (κ3) is 5.02. The number of ether oxygens (including phenoxy) is 1. The van der Waals surface area contributed by atoms with Crippen molar-refractivity contribution in [3.8, 4) is 9.88 Å². The number of aromatic nitrogens is 1. The van der Waals surface area contributed by atoms with Crippen molar-refractivity contribution in [3.05, 3.63) is 57.9 Å². The summed E-state index contributed by atoms with van der Waals surface area (Å²) in [5.74, 6) is -0.825. The highest BCUT2D eigenvalue weighted by molar-refractivity contribution is 7.20. The maximum absolute atomic E-state index is 12.3. The molecule has 3 aromatic rings. The van der Waals surface area contributed by atoms with Crippen molar-refractivity contribution in [3.63, 3.8) is 0 Å². The molecule has 27 heavy (non-hydrogen) atoms. The normalized spacial score (nSPS) is 11.8. The van der Waals surface area contributed by atoms with Crippen LogP contribution in [0.5, 0.6) is 0 Å². The Hall–Kier alpha value is -2.51. The first kappa shape index (κ1) is 19.3. The Kier molecular flexibility index (Phi) is 6.03. The molecular formula is C20H20N2O3S2. The molecule has 3 rings (SSSR count). The van der Waals surface area contributed by atoms with Gasteiger partial charge in [-0.15, -0.1) is 22.7 Å². The van der Waals surface area contributed by atoms with Gasteiger partial charge < -0.3 is 10.1 Å². The number of thiophene rings is 1. The summed E-state index contributed by atoms with van der Waals surface area (Å²) in [6, 6.07) is 9.71. The van der Waals surface area contributed by atoms with Gasteiger partial charge in [-0.05, 0) is 43.8 Å². The van der Waals surface area contributed by atoms with Gasteiger partial charge in [0.25, 0.3) is 5.91 Å². The number of nitrogens with zero attached hydrogens (tertiary/aromatic N) is 1. The lowest BCUT2D eigenvalue weighted by atomic mass is 10.1. The Bertz CT molecular complexity index is 948. The third-order valence-corrected chi connectivity index (χ3v) is 5.86. The molecule has 0 spiro atoms. The van der Waals surface area contributed by atoms with Crippen LogP contribution in [0.25, 0.3) is 9.88 Å². The zero-order valence-electron chi connectivity index (χ0n) is 15.3. The molecule has 0 saturated carbocycles. The van der Waals surface area contributed by atoms with Crippen molar-refractivity contribution in [2.75, 3.05) is 5.32 Å². The number of amides is 1. The Balaban J connectivity index is 1.54.